The molecule has 0 spiro atoms. The van der Waals surface area contributed by atoms with Gasteiger partial charge >= 0.3 is 5.97 Å². The first-order valence-corrected chi connectivity index (χ1v) is 6.68. The Morgan fingerprint density at radius 2 is 1.72 bits per heavy atom. The van der Waals surface area contributed by atoms with Crippen LogP contribution in [0, 0.1) is 0 Å². The first-order chi connectivity index (χ1) is 8.77. The number of carbonyl (C=O) groups excluding carboxylic acids is 1. The van der Waals surface area contributed by atoms with Gasteiger partial charge in [0.1, 0.15) is 5.54 Å². The van der Waals surface area contributed by atoms with Gasteiger partial charge in [-0.15, -0.1) is 0 Å². The van der Waals surface area contributed by atoms with Crippen LogP contribution < -0.4 is 5.32 Å². The summed E-state index contributed by atoms with van der Waals surface area (Å²) in [5.41, 5.74) is 0.455. The van der Waals surface area contributed by atoms with Crippen molar-refractivity contribution in [1.82, 2.24) is 0 Å². The molecule has 1 aliphatic carbocycles. The van der Waals surface area contributed by atoms with E-state index in [1.54, 1.807) is 0 Å². The van der Waals surface area contributed by atoms with Crippen molar-refractivity contribution in [3.8, 4) is 0 Å². The van der Waals surface area contributed by atoms with Gasteiger partial charge in [0.15, 0.2) is 0 Å². The number of nitrogens with one attached hydrogen (secondary N) is 1. The van der Waals surface area contributed by atoms with Crippen LogP contribution in [0.1, 0.15) is 38.5 Å². The minimum absolute atomic E-state index is 0.131. The summed E-state index contributed by atoms with van der Waals surface area (Å²) in [6.07, 6.45) is 6.28. The van der Waals surface area contributed by atoms with Crippen molar-refractivity contribution >= 4 is 11.7 Å². The number of benzene rings is 1. The van der Waals surface area contributed by atoms with Crippen LogP contribution >= 0.6 is 0 Å². The highest BCUT2D eigenvalue weighted by Gasteiger charge is 2.39. The largest absolute Gasteiger partial charge is 0.467 e. The van der Waals surface area contributed by atoms with Crippen LogP contribution in [0.15, 0.2) is 30.3 Å². The van der Waals surface area contributed by atoms with Crippen molar-refractivity contribution in [2.24, 2.45) is 0 Å². The maximum Gasteiger partial charge on any atom is 0.331 e. The van der Waals surface area contributed by atoms with Crippen LogP contribution in [0.3, 0.4) is 0 Å². The van der Waals surface area contributed by atoms with E-state index < -0.39 is 5.54 Å². The predicted octanol–water partition coefficient (Wildman–Crippen LogP) is 3.36. The third-order valence-corrected chi connectivity index (χ3v) is 3.69. The molecule has 0 bridgehead atoms. The van der Waals surface area contributed by atoms with Crippen LogP contribution in [-0.4, -0.2) is 18.6 Å². The molecule has 0 amide bonds. The molecule has 0 saturated heterocycles. The lowest BCUT2D eigenvalue weighted by Gasteiger charge is -2.32. The molecule has 3 nitrogen and oxygen atoms in total. The van der Waals surface area contributed by atoms with E-state index in [1.807, 2.05) is 30.3 Å². The number of rotatable bonds is 3. The molecule has 98 valence electrons. The van der Waals surface area contributed by atoms with Gasteiger partial charge in [0.2, 0.25) is 0 Å². The lowest BCUT2D eigenvalue weighted by Crippen LogP contribution is -2.46. The maximum atomic E-state index is 12.2. The van der Waals surface area contributed by atoms with Gasteiger partial charge in [0.25, 0.3) is 0 Å². The Morgan fingerprint density at radius 1 is 1.11 bits per heavy atom. The molecular weight excluding hydrogens is 226 g/mol. The standard InChI is InChI=1S/C15H21NO2/c1-18-14(17)15(11-7-2-3-8-12-15)16-13-9-5-4-6-10-13/h4-6,9-10,16H,2-3,7-8,11-12H2,1H3. The molecule has 0 radical (unpaired) electrons. The second kappa shape index (κ2) is 5.89. The summed E-state index contributed by atoms with van der Waals surface area (Å²) >= 11 is 0. The predicted molar refractivity (Wildman–Crippen MR) is 72.5 cm³/mol. The van der Waals surface area contributed by atoms with Gasteiger partial charge in [-0.3, -0.25) is 0 Å². The summed E-state index contributed by atoms with van der Waals surface area (Å²) in [6.45, 7) is 0. The molecule has 0 aliphatic heterocycles. The van der Waals surface area contributed by atoms with Crippen molar-refractivity contribution in [3.05, 3.63) is 30.3 Å². The first-order valence-electron chi connectivity index (χ1n) is 6.68. The van der Waals surface area contributed by atoms with Crippen molar-refractivity contribution in [2.75, 3.05) is 12.4 Å². The lowest BCUT2D eigenvalue weighted by molar-refractivity contribution is -0.146. The third-order valence-electron chi connectivity index (χ3n) is 3.69. The van der Waals surface area contributed by atoms with Crippen molar-refractivity contribution in [3.63, 3.8) is 0 Å². The molecule has 1 aromatic rings. The fraction of sp³-hybridized carbons (Fsp3) is 0.533. The number of para-hydroxylation sites is 1. The summed E-state index contributed by atoms with van der Waals surface area (Å²) in [7, 11) is 1.47. The SMILES string of the molecule is COC(=O)C1(Nc2ccccc2)CCCCCC1. The van der Waals surface area contributed by atoms with E-state index in [0.717, 1.165) is 31.4 Å². The molecular formula is C15H21NO2. The highest BCUT2D eigenvalue weighted by Crippen LogP contribution is 2.31. The molecule has 2 rings (SSSR count). The molecule has 18 heavy (non-hydrogen) atoms. The number of carbonyl (C=O) groups is 1. The highest BCUT2D eigenvalue weighted by atomic mass is 16.5. The normalized spacial score (nSPS) is 18.7. The fourth-order valence-corrected chi connectivity index (χ4v) is 2.71. The summed E-state index contributed by atoms with van der Waals surface area (Å²) in [4.78, 5) is 12.2. The van der Waals surface area contributed by atoms with E-state index in [9.17, 15) is 4.79 Å². The highest BCUT2D eigenvalue weighted by molar-refractivity contribution is 5.84. The van der Waals surface area contributed by atoms with E-state index >= 15 is 0 Å². The molecule has 0 aromatic heterocycles. The van der Waals surface area contributed by atoms with Crippen molar-refractivity contribution < 1.29 is 9.53 Å². The topological polar surface area (TPSA) is 38.3 Å². The molecule has 0 unspecified atom stereocenters. The summed E-state index contributed by atoms with van der Waals surface area (Å²) in [5.74, 6) is -0.131. The van der Waals surface area contributed by atoms with Crippen LogP contribution in [0.5, 0.6) is 0 Å². The molecule has 0 heterocycles. The van der Waals surface area contributed by atoms with Crippen LogP contribution in [0.4, 0.5) is 5.69 Å². The van der Waals surface area contributed by atoms with Gasteiger partial charge in [-0.05, 0) is 25.0 Å². The lowest BCUT2D eigenvalue weighted by atomic mass is 9.89. The minimum Gasteiger partial charge on any atom is -0.467 e. The molecule has 1 aliphatic rings. The van der Waals surface area contributed by atoms with Gasteiger partial charge in [-0.1, -0.05) is 43.9 Å². The monoisotopic (exact) mass is 247 g/mol. The molecule has 1 aromatic carbocycles. The average molecular weight is 247 g/mol. The Balaban J connectivity index is 2.21. The summed E-state index contributed by atoms with van der Waals surface area (Å²) in [5, 5.41) is 3.41. The Morgan fingerprint density at radius 3 is 2.28 bits per heavy atom. The smallest absolute Gasteiger partial charge is 0.331 e. The summed E-state index contributed by atoms with van der Waals surface area (Å²) < 4.78 is 5.02. The second-order valence-corrected chi connectivity index (χ2v) is 4.98. The van der Waals surface area contributed by atoms with Crippen LogP contribution in [0.25, 0.3) is 0 Å². The average Bonchev–Trinajstić information content (AvgIpc) is 2.65. The molecule has 3 heteroatoms. The maximum absolute atomic E-state index is 12.2. The van der Waals surface area contributed by atoms with Crippen molar-refractivity contribution in [2.45, 2.75) is 44.1 Å². The second-order valence-electron chi connectivity index (χ2n) is 4.98. The van der Waals surface area contributed by atoms with Gasteiger partial charge < -0.3 is 10.1 Å². The Bertz CT molecular complexity index is 381. The van der Waals surface area contributed by atoms with E-state index in [4.69, 9.17) is 4.74 Å². The molecule has 1 saturated carbocycles. The van der Waals surface area contributed by atoms with Crippen LogP contribution in [-0.2, 0) is 9.53 Å². The number of esters is 1. The van der Waals surface area contributed by atoms with E-state index in [2.05, 4.69) is 5.32 Å². The number of ether oxygens (including phenoxy) is 1. The molecule has 1 fully saturated rings. The van der Waals surface area contributed by atoms with E-state index in [0.29, 0.717) is 0 Å². The van der Waals surface area contributed by atoms with Gasteiger partial charge in [0, 0.05) is 5.69 Å². The van der Waals surface area contributed by atoms with Gasteiger partial charge in [-0.25, -0.2) is 4.79 Å². The van der Waals surface area contributed by atoms with Crippen molar-refractivity contribution in [1.29, 1.82) is 0 Å². The zero-order valence-corrected chi connectivity index (χ0v) is 10.9. The number of anilines is 1. The molecule has 1 N–H and O–H groups in total. The van der Waals surface area contributed by atoms with Crippen LogP contribution in [0.2, 0.25) is 0 Å². The third kappa shape index (κ3) is 2.84. The molecule has 0 atom stereocenters. The van der Waals surface area contributed by atoms with E-state index in [-0.39, 0.29) is 5.97 Å². The fourth-order valence-electron chi connectivity index (χ4n) is 2.71. The minimum atomic E-state index is -0.535. The van der Waals surface area contributed by atoms with Gasteiger partial charge in [-0.2, -0.15) is 0 Å². The Hall–Kier alpha value is -1.51. The Kier molecular flexibility index (Phi) is 4.24. The number of methoxy groups -OCH3 is 1. The Labute approximate surface area is 109 Å². The van der Waals surface area contributed by atoms with Gasteiger partial charge in [0.05, 0.1) is 7.11 Å². The number of hydrogen-bond donors (Lipinski definition) is 1. The number of hydrogen-bond acceptors (Lipinski definition) is 3. The zero-order chi connectivity index (χ0) is 12.8. The summed E-state index contributed by atoms with van der Waals surface area (Å²) in [6, 6.07) is 9.92. The first kappa shape index (κ1) is 12.9. The van der Waals surface area contributed by atoms with E-state index in [1.165, 1.54) is 20.0 Å². The quantitative estimate of drug-likeness (QED) is 0.657. The zero-order valence-electron chi connectivity index (χ0n) is 10.9.